The van der Waals surface area contributed by atoms with Crippen molar-refractivity contribution in [2.75, 3.05) is 17.3 Å². The summed E-state index contributed by atoms with van der Waals surface area (Å²) in [6.45, 7) is 0. The first-order valence-electron chi connectivity index (χ1n) is 4.94. The van der Waals surface area contributed by atoms with E-state index in [2.05, 4.69) is 5.32 Å². The Hall–Kier alpha value is -2.04. The van der Waals surface area contributed by atoms with Crippen LogP contribution in [0.1, 0.15) is 6.42 Å². The normalized spacial score (nSPS) is 18.9. The number of carbonyl (C=O) groups is 2. The van der Waals surface area contributed by atoms with E-state index < -0.39 is 12.0 Å². The Morgan fingerprint density at radius 1 is 1.50 bits per heavy atom. The van der Waals surface area contributed by atoms with Gasteiger partial charge in [0.25, 0.3) is 0 Å². The maximum atomic E-state index is 11.8. The standard InChI is InChI=1S/C11H12N2O3/c1-13-9-5-3-2-4-7(9)12-8(11(13)16)6-10(14)15/h2-5,8,12H,6H2,1H3,(H,14,15). The molecule has 5 heteroatoms. The molecule has 0 aromatic heterocycles. The van der Waals surface area contributed by atoms with E-state index in [1.165, 1.54) is 4.90 Å². The average Bonchev–Trinajstić information content (AvgIpc) is 2.25. The maximum Gasteiger partial charge on any atom is 0.305 e. The number of carboxylic acid groups (broad SMARTS) is 1. The third-order valence-corrected chi connectivity index (χ3v) is 2.60. The molecule has 1 aromatic carbocycles. The number of hydrogen-bond acceptors (Lipinski definition) is 3. The number of likely N-dealkylation sites (N-methyl/N-ethyl adjacent to an activating group) is 1. The van der Waals surface area contributed by atoms with Crippen molar-refractivity contribution in [2.24, 2.45) is 0 Å². The molecule has 0 fully saturated rings. The highest BCUT2D eigenvalue weighted by Crippen LogP contribution is 2.30. The van der Waals surface area contributed by atoms with Gasteiger partial charge in [-0.05, 0) is 12.1 Å². The van der Waals surface area contributed by atoms with Crippen LogP contribution in [0.3, 0.4) is 0 Å². The van der Waals surface area contributed by atoms with Gasteiger partial charge in [-0.2, -0.15) is 0 Å². The SMILES string of the molecule is CN1C(=O)C(CC(=O)O)Nc2ccccc21. The van der Waals surface area contributed by atoms with E-state index in [-0.39, 0.29) is 12.3 Å². The number of rotatable bonds is 2. The Bertz CT molecular complexity index is 445. The second-order valence-electron chi connectivity index (χ2n) is 3.71. The number of para-hydroxylation sites is 2. The van der Waals surface area contributed by atoms with Crippen molar-refractivity contribution >= 4 is 23.3 Å². The molecule has 0 radical (unpaired) electrons. The average molecular weight is 220 g/mol. The summed E-state index contributed by atoms with van der Waals surface area (Å²) < 4.78 is 0. The molecular weight excluding hydrogens is 208 g/mol. The Labute approximate surface area is 92.7 Å². The molecule has 2 rings (SSSR count). The Kier molecular flexibility index (Phi) is 2.52. The van der Waals surface area contributed by atoms with E-state index in [4.69, 9.17) is 5.11 Å². The number of fused-ring (bicyclic) bond motifs is 1. The molecule has 1 amide bonds. The van der Waals surface area contributed by atoms with Crippen LogP contribution in [0.4, 0.5) is 11.4 Å². The summed E-state index contributed by atoms with van der Waals surface area (Å²) in [5, 5.41) is 11.6. The lowest BCUT2D eigenvalue weighted by molar-refractivity contribution is -0.138. The quantitative estimate of drug-likeness (QED) is 0.777. The summed E-state index contributed by atoms with van der Waals surface area (Å²) in [6.07, 6.45) is -0.211. The molecule has 16 heavy (non-hydrogen) atoms. The molecule has 1 heterocycles. The molecule has 1 aliphatic rings. The monoisotopic (exact) mass is 220 g/mol. The van der Waals surface area contributed by atoms with Crippen LogP contribution >= 0.6 is 0 Å². The van der Waals surface area contributed by atoms with Crippen molar-refractivity contribution in [2.45, 2.75) is 12.5 Å². The molecule has 1 unspecified atom stereocenters. The molecular formula is C11H12N2O3. The molecule has 0 saturated carbocycles. The smallest absolute Gasteiger partial charge is 0.305 e. The number of anilines is 2. The Morgan fingerprint density at radius 3 is 2.88 bits per heavy atom. The van der Waals surface area contributed by atoms with Crippen molar-refractivity contribution in [1.29, 1.82) is 0 Å². The number of hydrogen-bond donors (Lipinski definition) is 2. The van der Waals surface area contributed by atoms with Crippen molar-refractivity contribution in [1.82, 2.24) is 0 Å². The van der Waals surface area contributed by atoms with Gasteiger partial charge in [0, 0.05) is 7.05 Å². The Morgan fingerprint density at radius 2 is 2.19 bits per heavy atom. The van der Waals surface area contributed by atoms with Crippen LogP contribution in [-0.4, -0.2) is 30.1 Å². The first kappa shape index (κ1) is 10.5. The van der Waals surface area contributed by atoms with E-state index in [1.54, 1.807) is 7.05 Å². The first-order chi connectivity index (χ1) is 7.59. The zero-order valence-electron chi connectivity index (χ0n) is 8.80. The van der Waals surface area contributed by atoms with Gasteiger partial charge in [0.1, 0.15) is 6.04 Å². The van der Waals surface area contributed by atoms with Gasteiger partial charge in [-0.1, -0.05) is 12.1 Å². The molecule has 0 bridgehead atoms. The van der Waals surface area contributed by atoms with Gasteiger partial charge in [0.2, 0.25) is 5.91 Å². The number of carbonyl (C=O) groups excluding carboxylic acids is 1. The van der Waals surface area contributed by atoms with Gasteiger partial charge >= 0.3 is 5.97 Å². The van der Waals surface area contributed by atoms with Crippen molar-refractivity contribution in [3.05, 3.63) is 24.3 Å². The fourth-order valence-electron chi connectivity index (χ4n) is 1.80. The maximum absolute atomic E-state index is 11.8. The third-order valence-electron chi connectivity index (χ3n) is 2.60. The van der Waals surface area contributed by atoms with Gasteiger partial charge in [-0.25, -0.2) is 0 Å². The first-order valence-corrected chi connectivity index (χ1v) is 4.94. The van der Waals surface area contributed by atoms with E-state index in [1.807, 2.05) is 24.3 Å². The van der Waals surface area contributed by atoms with Gasteiger partial charge in [-0.3, -0.25) is 9.59 Å². The lowest BCUT2D eigenvalue weighted by atomic mass is 10.1. The number of carboxylic acids is 1. The van der Waals surface area contributed by atoms with Crippen LogP contribution in [0.2, 0.25) is 0 Å². The minimum Gasteiger partial charge on any atom is -0.481 e. The summed E-state index contributed by atoms with van der Waals surface area (Å²) in [7, 11) is 1.65. The van der Waals surface area contributed by atoms with E-state index in [9.17, 15) is 9.59 Å². The third kappa shape index (κ3) is 1.71. The zero-order chi connectivity index (χ0) is 11.7. The van der Waals surface area contributed by atoms with Crippen molar-refractivity contribution < 1.29 is 14.7 Å². The summed E-state index contributed by atoms with van der Waals surface area (Å²) in [5.41, 5.74) is 1.56. The summed E-state index contributed by atoms with van der Waals surface area (Å²) in [6, 6.07) is 6.64. The minimum absolute atomic E-state index is 0.211. The fraction of sp³-hybridized carbons (Fsp3) is 0.273. The fourth-order valence-corrected chi connectivity index (χ4v) is 1.80. The summed E-state index contributed by atoms with van der Waals surface area (Å²) in [5.74, 6) is -1.21. The van der Waals surface area contributed by atoms with E-state index in [0.717, 1.165) is 11.4 Å². The number of nitrogens with zero attached hydrogens (tertiary/aromatic N) is 1. The highest BCUT2D eigenvalue weighted by atomic mass is 16.4. The largest absolute Gasteiger partial charge is 0.481 e. The molecule has 2 N–H and O–H groups in total. The van der Waals surface area contributed by atoms with Crippen LogP contribution in [0.15, 0.2) is 24.3 Å². The molecule has 1 aromatic rings. The number of amides is 1. The predicted octanol–water partition coefficient (Wildman–Crippen LogP) is 0.918. The van der Waals surface area contributed by atoms with Crippen molar-refractivity contribution in [3.63, 3.8) is 0 Å². The van der Waals surface area contributed by atoms with Crippen LogP contribution in [0.25, 0.3) is 0 Å². The molecule has 0 saturated heterocycles. The van der Waals surface area contributed by atoms with Crippen LogP contribution in [0, 0.1) is 0 Å². The van der Waals surface area contributed by atoms with Gasteiger partial charge in [0.05, 0.1) is 17.8 Å². The molecule has 1 atom stereocenters. The molecule has 0 spiro atoms. The number of benzene rings is 1. The molecule has 84 valence electrons. The van der Waals surface area contributed by atoms with Crippen LogP contribution < -0.4 is 10.2 Å². The van der Waals surface area contributed by atoms with Crippen LogP contribution in [0.5, 0.6) is 0 Å². The van der Waals surface area contributed by atoms with E-state index in [0.29, 0.717) is 0 Å². The highest BCUT2D eigenvalue weighted by Gasteiger charge is 2.31. The Balaban J connectivity index is 2.32. The molecule has 1 aliphatic heterocycles. The number of nitrogens with one attached hydrogen (secondary N) is 1. The van der Waals surface area contributed by atoms with Crippen molar-refractivity contribution in [3.8, 4) is 0 Å². The minimum atomic E-state index is -0.987. The topological polar surface area (TPSA) is 69.6 Å². The molecule has 0 aliphatic carbocycles. The summed E-state index contributed by atoms with van der Waals surface area (Å²) in [4.78, 5) is 23.9. The highest BCUT2D eigenvalue weighted by molar-refractivity contribution is 6.05. The second kappa shape index (κ2) is 3.84. The van der Waals surface area contributed by atoms with E-state index >= 15 is 0 Å². The number of aliphatic carboxylic acids is 1. The van der Waals surface area contributed by atoms with Gasteiger partial charge in [-0.15, -0.1) is 0 Å². The summed E-state index contributed by atoms with van der Waals surface area (Å²) >= 11 is 0. The second-order valence-corrected chi connectivity index (χ2v) is 3.71. The lowest BCUT2D eigenvalue weighted by Crippen LogP contribution is -2.46. The molecule has 5 nitrogen and oxygen atoms in total. The van der Waals surface area contributed by atoms with Gasteiger partial charge < -0.3 is 15.3 Å². The predicted molar refractivity (Wildman–Crippen MR) is 59.5 cm³/mol. The zero-order valence-corrected chi connectivity index (χ0v) is 8.80. The van der Waals surface area contributed by atoms with Gasteiger partial charge in [0.15, 0.2) is 0 Å². The van der Waals surface area contributed by atoms with Crippen LogP contribution in [-0.2, 0) is 9.59 Å². The lowest BCUT2D eigenvalue weighted by Gasteiger charge is -2.32.